The van der Waals surface area contributed by atoms with Crippen LogP contribution in [0.1, 0.15) is 31.1 Å². The van der Waals surface area contributed by atoms with E-state index in [1.54, 1.807) is 6.92 Å². The third kappa shape index (κ3) is 2.86. The maximum atomic E-state index is 10.7. The van der Waals surface area contributed by atoms with Crippen LogP contribution in [0.3, 0.4) is 0 Å². The standard InChI is InChI=1S/C17H20O2/c1-13(16(18)14-9-5-3-6-10-14)17(2,19)15-11-7-4-8-12-15/h3-13,16,18-19H,1-2H3. The largest absolute Gasteiger partial charge is 0.388 e. The molecule has 0 spiro atoms. The minimum Gasteiger partial charge on any atom is -0.388 e. The van der Waals surface area contributed by atoms with Gasteiger partial charge in [0, 0.05) is 5.92 Å². The topological polar surface area (TPSA) is 40.5 Å². The summed E-state index contributed by atoms with van der Waals surface area (Å²) in [5.41, 5.74) is 0.569. The normalized spacial score (nSPS) is 17.5. The molecule has 3 unspecified atom stereocenters. The molecule has 100 valence electrons. The van der Waals surface area contributed by atoms with Gasteiger partial charge in [-0.25, -0.2) is 0 Å². The van der Waals surface area contributed by atoms with Gasteiger partial charge < -0.3 is 10.2 Å². The van der Waals surface area contributed by atoms with Crippen molar-refractivity contribution in [2.75, 3.05) is 0 Å². The molecule has 2 heteroatoms. The van der Waals surface area contributed by atoms with Crippen LogP contribution in [0, 0.1) is 5.92 Å². The van der Waals surface area contributed by atoms with Gasteiger partial charge in [-0.2, -0.15) is 0 Å². The predicted molar refractivity (Wildman–Crippen MR) is 76.6 cm³/mol. The van der Waals surface area contributed by atoms with Gasteiger partial charge in [0.2, 0.25) is 0 Å². The average molecular weight is 256 g/mol. The van der Waals surface area contributed by atoms with Crippen LogP contribution in [0.25, 0.3) is 0 Å². The van der Waals surface area contributed by atoms with E-state index in [0.29, 0.717) is 0 Å². The highest BCUT2D eigenvalue weighted by atomic mass is 16.3. The molecule has 0 aliphatic heterocycles. The van der Waals surface area contributed by atoms with Crippen molar-refractivity contribution < 1.29 is 10.2 Å². The number of aliphatic hydroxyl groups is 2. The lowest BCUT2D eigenvalue weighted by Crippen LogP contribution is -2.34. The molecule has 0 amide bonds. The molecule has 0 radical (unpaired) electrons. The molecular formula is C17H20O2. The molecule has 0 aliphatic rings. The van der Waals surface area contributed by atoms with Crippen molar-refractivity contribution in [2.45, 2.75) is 25.6 Å². The van der Waals surface area contributed by atoms with Crippen LogP contribution in [0.2, 0.25) is 0 Å². The van der Waals surface area contributed by atoms with Gasteiger partial charge in [0.1, 0.15) is 0 Å². The number of benzene rings is 2. The van der Waals surface area contributed by atoms with Crippen LogP contribution >= 0.6 is 0 Å². The van der Waals surface area contributed by atoms with E-state index in [1.807, 2.05) is 67.6 Å². The highest BCUT2D eigenvalue weighted by Gasteiger charge is 2.35. The zero-order valence-electron chi connectivity index (χ0n) is 11.3. The van der Waals surface area contributed by atoms with Crippen LogP contribution in [0.15, 0.2) is 60.7 Å². The molecule has 0 bridgehead atoms. The maximum Gasteiger partial charge on any atom is 0.0921 e. The fourth-order valence-corrected chi connectivity index (χ4v) is 2.28. The van der Waals surface area contributed by atoms with E-state index in [9.17, 15) is 10.2 Å². The monoisotopic (exact) mass is 256 g/mol. The predicted octanol–water partition coefficient (Wildman–Crippen LogP) is 3.26. The third-order valence-electron chi connectivity index (χ3n) is 3.86. The molecule has 0 saturated carbocycles. The van der Waals surface area contributed by atoms with Crippen LogP contribution in [-0.4, -0.2) is 10.2 Å². The van der Waals surface area contributed by atoms with E-state index in [0.717, 1.165) is 11.1 Å². The molecular weight excluding hydrogens is 236 g/mol. The summed E-state index contributed by atoms with van der Waals surface area (Å²) in [6, 6.07) is 18.9. The summed E-state index contributed by atoms with van der Waals surface area (Å²) >= 11 is 0. The van der Waals surface area contributed by atoms with Crippen molar-refractivity contribution in [2.24, 2.45) is 5.92 Å². The maximum absolute atomic E-state index is 10.7. The first-order valence-corrected chi connectivity index (χ1v) is 6.54. The van der Waals surface area contributed by atoms with Gasteiger partial charge in [0.25, 0.3) is 0 Å². The van der Waals surface area contributed by atoms with Gasteiger partial charge >= 0.3 is 0 Å². The summed E-state index contributed by atoms with van der Waals surface area (Å²) in [5.74, 6) is -0.308. The quantitative estimate of drug-likeness (QED) is 0.881. The zero-order chi connectivity index (χ0) is 13.9. The van der Waals surface area contributed by atoms with E-state index in [1.165, 1.54) is 0 Å². The minimum atomic E-state index is -1.07. The molecule has 2 N–H and O–H groups in total. The average Bonchev–Trinajstić information content (AvgIpc) is 2.47. The van der Waals surface area contributed by atoms with Gasteiger partial charge in [0.05, 0.1) is 11.7 Å². The van der Waals surface area contributed by atoms with E-state index >= 15 is 0 Å². The molecule has 0 aliphatic carbocycles. The van der Waals surface area contributed by atoms with Gasteiger partial charge in [-0.15, -0.1) is 0 Å². The van der Waals surface area contributed by atoms with E-state index < -0.39 is 11.7 Å². The highest BCUT2D eigenvalue weighted by molar-refractivity contribution is 5.25. The fourth-order valence-electron chi connectivity index (χ4n) is 2.28. The number of rotatable bonds is 4. The van der Waals surface area contributed by atoms with Crippen molar-refractivity contribution in [3.8, 4) is 0 Å². The molecule has 2 rings (SSSR count). The fraction of sp³-hybridized carbons (Fsp3) is 0.294. The number of hydrogen-bond acceptors (Lipinski definition) is 2. The van der Waals surface area contributed by atoms with Crippen molar-refractivity contribution in [1.29, 1.82) is 0 Å². The highest BCUT2D eigenvalue weighted by Crippen LogP contribution is 2.37. The van der Waals surface area contributed by atoms with E-state index in [4.69, 9.17) is 0 Å². The van der Waals surface area contributed by atoms with Crippen LogP contribution in [-0.2, 0) is 5.60 Å². The van der Waals surface area contributed by atoms with Crippen molar-refractivity contribution in [3.63, 3.8) is 0 Å². The lowest BCUT2D eigenvalue weighted by Gasteiger charge is -2.34. The summed E-state index contributed by atoms with van der Waals surface area (Å²) in [4.78, 5) is 0. The molecule has 0 fully saturated rings. The second-order valence-electron chi connectivity index (χ2n) is 5.16. The Morgan fingerprint density at radius 3 is 1.89 bits per heavy atom. The summed E-state index contributed by atoms with van der Waals surface area (Å²) in [7, 11) is 0. The van der Waals surface area contributed by atoms with Crippen molar-refractivity contribution >= 4 is 0 Å². The molecule has 2 nitrogen and oxygen atoms in total. The van der Waals surface area contributed by atoms with Crippen LogP contribution in [0.5, 0.6) is 0 Å². The summed E-state index contributed by atoms with van der Waals surface area (Å²) in [6.07, 6.45) is -0.698. The number of hydrogen-bond donors (Lipinski definition) is 2. The Labute approximate surface area is 114 Å². The molecule has 19 heavy (non-hydrogen) atoms. The van der Waals surface area contributed by atoms with Crippen molar-refractivity contribution in [1.82, 2.24) is 0 Å². The summed E-state index contributed by atoms with van der Waals surface area (Å²) in [5, 5.41) is 21.2. The molecule has 2 aromatic rings. The Morgan fingerprint density at radius 2 is 1.37 bits per heavy atom. The van der Waals surface area contributed by atoms with Crippen molar-refractivity contribution in [3.05, 3.63) is 71.8 Å². The van der Waals surface area contributed by atoms with Crippen LogP contribution in [0.4, 0.5) is 0 Å². The lowest BCUT2D eigenvalue weighted by atomic mass is 9.79. The molecule has 2 aromatic carbocycles. The second-order valence-corrected chi connectivity index (χ2v) is 5.16. The Kier molecular flexibility index (Phi) is 4.03. The van der Waals surface area contributed by atoms with E-state index in [-0.39, 0.29) is 5.92 Å². The van der Waals surface area contributed by atoms with Crippen LogP contribution < -0.4 is 0 Å². The SMILES string of the molecule is CC(C(O)c1ccccc1)C(C)(O)c1ccccc1. The third-order valence-corrected chi connectivity index (χ3v) is 3.86. The Hall–Kier alpha value is -1.64. The van der Waals surface area contributed by atoms with Gasteiger partial charge in [-0.05, 0) is 18.1 Å². The van der Waals surface area contributed by atoms with Gasteiger partial charge in [-0.1, -0.05) is 67.6 Å². The van der Waals surface area contributed by atoms with E-state index in [2.05, 4.69) is 0 Å². The van der Waals surface area contributed by atoms with Gasteiger partial charge in [-0.3, -0.25) is 0 Å². The molecule has 0 saturated heterocycles. The molecule has 3 atom stereocenters. The molecule has 0 aromatic heterocycles. The molecule has 0 heterocycles. The first kappa shape index (κ1) is 13.8. The first-order valence-electron chi connectivity index (χ1n) is 6.54. The summed E-state index contributed by atoms with van der Waals surface area (Å²) < 4.78 is 0. The minimum absolute atomic E-state index is 0.308. The Morgan fingerprint density at radius 1 is 0.895 bits per heavy atom. The second kappa shape index (κ2) is 5.55. The Balaban J connectivity index is 2.26. The Bertz CT molecular complexity index is 505. The number of aliphatic hydroxyl groups excluding tert-OH is 1. The summed E-state index contributed by atoms with van der Waals surface area (Å²) in [6.45, 7) is 3.61. The zero-order valence-corrected chi connectivity index (χ0v) is 11.3. The smallest absolute Gasteiger partial charge is 0.0921 e. The first-order chi connectivity index (χ1) is 9.03. The van der Waals surface area contributed by atoms with Gasteiger partial charge in [0.15, 0.2) is 0 Å². The lowest BCUT2D eigenvalue weighted by molar-refractivity contribution is -0.0572.